The molecule has 0 aliphatic rings. The Kier molecular flexibility index (Phi) is 6.92. The normalized spacial score (nSPS) is 11.5. The molecule has 0 unspecified atom stereocenters. The summed E-state index contributed by atoms with van der Waals surface area (Å²) in [6, 6.07) is 17.8. The molecular weight excluding hydrogens is 472 g/mol. The molecule has 0 spiro atoms. The highest BCUT2D eigenvalue weighted by Crippen LogP contribution is 2.33. The molecule has 0 atom stereocenters. The molecule has 176 valence electrons. The zero-order valence-electron chi connectivity index (χ0n) is 19.0. The van der Waals surface area contributed by atoms with Crippen LogP contribution in [0, 0.1) is 13.8 Å². The smallest absolute Gasteiger partial charge is 0.266 e. The van der Waals surface area contributed by atoms with Crippen LogP contribution in [0.2, 0.25) is 0 Å². The second-order valence-electron chi connectivity index (χ2n) is 7.63. The van der Waals surface area contributed by atoms with Crippen molar-refractivity contribution in [1.29, 1.82) is 0 Å². The van der Waals surface area contributed by atoms with E-state index in [1.54, 1.807) is 18.2 Å². The number of thiazole rings is 1. The van der Waals surface area contributed by atoms with Gasteiger partial charge in [-0.15, -0.1) is 11.3 Å². The lowest BCUT2D eigenvalue weighted by atomic mass is 10.2. The molecule has 4 rings (SSSR count). The summed E-state index contributed by atoms with van der Waals surface area (Å²) in [6.07, 6.45) is 0. The quantitative estimate of drug-likeness (QED) is 0.400. The van der Waals surface area contributed by atoms with E-state index in [4.69, 9.17) is 4.74 Å². The lowest BCUT2D eigenvalue weighted by molar-refractivity contribution is 0.402. The minimum Gasteiger partial charge on any atom is -0.495 e. The van der Waals surface area contributed by atoms with Crippen molar-refractivity contribution in [3.63, 3.8) is 0 Å². The molecule has 0 saturated carbocycles. The van der Waals surface area contributed by atoms with Gasteiger partial charge < -0.3 is 4.74 Å². The van der Waals surface area contributed by atoms with Gasteiger partial charge in [0.05, 0.1) is 24.2 Å². The number of aryl methyl sites for hydroxylation is 2. The molecule has 1 N–H and O–H groups in total. The van der Waals surface area contributed by atoms with E-state index in [9.17, 15) is 13.2 Å². The predicted octanol–water partition coefficient (Wildman–Crippen LogP) is 3.64. The van der Waals surface area contributed by atoms with E-state index in [1.807, 2.05) is 44.2 Å². The first-order valence-electron chi connectivity index (χ1n) is 10.5. The maximum atomic E-state index is 12.8. The van der Waals surface area contributed by atoms with Gasteiger partial charge in [0.1, 0.15) is 21.3 Å². The highest BCUT2D eigenvalue weighted by atomic mass is 32.2. The summed E-state index contributed by atoms with van der Waals surface area (Å²) in [5.74, 6) is 0.264. The first-order valence-corrected chi connectivity index (χ1v) is 12.8. The standard InChI is InChI=1S/C24H24N4O4S2/c1-16-9-11-21(20(15-16)32-3)34(30,31)25-13-14-28-22(29)12-10-19(27-28)23-17(2)26-24(33-23)18-7-5-4-6-8-18/h4-12,15,25H,13-14H2,1-3H3. The Hall–Kier alpha value is -3.34. The number of hydrogen-bond donors (Lipinski definition) is 1. The average Bonchev–Trinajstić information content (AvgIpc) is 3.22. The molecule has 0 bridgehead atoms. The van der Waals surface area contributed by atoms with Gasteiger partial charge in [-0.25, -0.2) is 22.8 Å². The molecule has 0 amide bonds. The molecule has 2 aromatic carbocycles. The van der Waals surface area contributed by atoms with E-state index in [0.29, 0.717) is 5.69 Å². The molecule has 0 radical (unpaired) electrons. The summed E-state index contributed by atoms with van der Waals surface area (Å²) in [5.41, 5.74) is 3.00. The highest BCUT2D eigenvalue weighted by molar-refractivity contribution is 7.89. The first kappa shape index (κ1) is 23.8. The fourth-order valence-electron chi connectivity index (χ4n) is 3.43. The molecular formula is C24H24N4O4S2. The molecule has 8 nitrogen and oxygen atoms in total. The number of hydrogen-bond acceptors (Lipinski definition) is 7. The van der Waals surface area contributed by atoms with Gasteiger partial charge in [-0.2, -0.15) is 5.10 Å². The summed E-state index contributed by atoms with van der Waals surface area (Å²) < 4.78 is 34.5. The SMILES string of the molecule is COc1cc(C)ccc1S(=O)(=O)NCCn1nc(-c2sc(-c3ccccc3)nc2C)ccc1=O. The van der Waals surface area contributed by atoms with E-state index in [2.05, 4.69) is 14.8 Å². The average molecular weight is 497 g/mol. The third-order valence-corrected chi connectivity index (χ3v) is 7.87. The number of methoxy groups -OCH3 is 1. The Morgan fingerprint density at radius 3 is 2.56 bits per heavy atom. The van der Waals surface area contributed by atoms with Gasteiger partial charge in [-0.1, -0.05) is 36.4 Å². The van der Waals surface area contributed by atoms with E-state index in [-0.39, 0.29) is 29.3 Å². The van der Waals surface area contributed by atoms with Crippen molar-refractivity contribution >= 4 is 21.4 Å². The molecule has 34 heavy (non-hydrogen) atoms. The molecule has 2 heterocycles. The van der Waals surface area contributed by atoms with Gasteiger partial charge in [0.15, 0.2) is 0 Å². The molecule has 0 fully saturated rings. The number of rotatable bonds is 8. The second-order valence-corrected chi connectivity index (χ2v) is 10.4. The van der Waals surface area contributed by atoms with Gasteiger partial charge in [0.2, 0.25) is 10.0 Å². The van der Waals surface area contributed by atoms with Crippen LogP contribution in [0.3, 0.4) is 0 Å². The molecule has 0 aliphatic carbocycles. The second kappa shape index (κ2) is 9.88. The largest absolute Gasteiger partial charge is 0.495 e. The van der Waals surface area contributed by atoms with E-state index >= 15 is 0 Å². The van der Waals surface area contributed by atoms with Crippen molar-refractivity contribution in [3.8, 4) is 26.9 Å². The molecule has 0 aliphatic heterocycles. The third-order valence-electron chi connectivity index (χ3n) is 5.14. The van der Waals surface area contributed by atoms with Crippen LogP contribution in [0.5, 0.6) is 5.75 Å². The Morgan fingerprint density at radius 1 is 1.06 bits per heavy atom. The Labute approximate surface area is 201 Å². The zero-order chi connectivity index (χ0) is 24.3. The lowest BCUT2D eigenvalue weighted by Gasteiger charge is -2.12. The maximum absolute atomic E-state index is 12.8. The maximum Gasteiger partial charge on any atom is 0.266 e. The fraction of sp³-hybridized carbons (Fsp3) is 0.208. The third kappa shape index (κ3) is 5.09. The summed E-state index contributed by atoms with van der Waals surface area (Å²) in [5, 5.41) is 5.33. The van der Waals surface area contributed by atoms with Gasteiger partial charge >= 0.3 is 0 Å². The highest BCUT2D eigenvalue weighted by Gasteiger charge is 2.19. The van der Waals surface area contributed by atoms with Crippen LogP contribution in [-0.2, 0) is 16.6 Å². The van der Waals surface area contributed by atoms with E-state index < -0.39 is 10.0 Å². The molecule has 4 aromatic rings. The van der Waals surface area contributed by atoms with Crippen molar-refractivity contribution in [1.82, 2.24) is 19.5 Å². The zero-order valence-corrected chi connectivity index (χ0v) is 20.6. The predicted molar refractivity (Wildman–Crippen MR) is 133 cm³/mol. The van der Waals surface area contributed by atoms with Crippen molar-refractivity contribution in [2.45, 2.75) is 25.3 Å². The topological polar surface area (TPSA) is 103 Å². The van der Waals surface area contributed by atoms with E-state index in [1.165, 1.54) is 35.3 Å². The van der Waals surface area contributed by atoms with E-state index in [0.717, 1.165) is 26.7 Å². The summed E-state index contributed by atoms with van der Waals surface area (Å²) in [7, 11) is -2.40. The van der Waals surface area contributed by atoms with Crippen LogP contribution in [-0.4, -0.2) is 36.8 Å². The molecule has 0 saturated heterocycles. The summed E-state index contributed by atoms with van der Waals surface area (Å²) in [4.78, 5) is 17.9. The molecule has 2 aromatic heterocycles. The number of ether oxygens (including phenoxy) is 1. The number of nitrogens with one attached hydrogen (secondary N) is 1. The van der Waals surface area contributed by atoms with Gasteiger partial charge in [0, 0.05) is 18.2 Å². The van der Waals surface area contributed by atoms with Gasteiger partial charge in [0.25, 0.3) is 5.56 Å². The van der Waals surface area contributed by atoms with Crippen LogP contribution < -0.4 is 15.0 Å². The van der Waals surface area contributed by atoms with Crippen LogP contribution in [0.1, 0.15) is 11.3 Å². The van der Waals surface area contributed by atoms with Crippen LogP contribution >= 0.6 is 11.3 Å². The Morgan fingerprint density at radius 2 is 1.82 bits per heavy atom. The molecule has 10 heteroatoms. The Bertz CT molecular complexity index is 1480. The minimum atomic E-state index is -3.83. The number of nitrogens with zero attached hydrogens (tertiary/aromatic N) is 3. The van der Waals surface area contributed by atoms with Gasteiger partial charge in [-0.3, -0.25) is 4.79 Å². The van der Waals surface area contributed by atoms with Crippen molar-refractivity contribution in [2.75, 3.05) is 13.7 Å². The minimum absolute atomic E-state index is 0.00728. The number of sulfonamides is 1. The van der Waals surface area contributed by atoms with Gasteiger partial charge in [-0.05, 0) is 37.6 Å². The summed E-state index contributed by atoms with van der Waals surface area (Å²) >= 11 is 1.50. The van der Waals surface area contributed by atoms with Crippen LogP contribution in [0.25, 0.3) is 21.1 Å². The fourth-order valence-corrected chi connectivity index (χ4v) is 5.64. The lowest BCUT2D eigenvalue weighted by Crippen LogP contribution is -2.32. The van der Waals surface area contributed by atoms with Crippen LogP contribution in [0.15, 0.2) is 70.4 Å². The number of aromatic nitrogens is 3. The summed E-state index contributed by atoms with van der Waals surface area (Å²) in [6.45, 7) is 3.82. The Balaban J connectivity index is 1.53. The van der Waals surface area contributed by atoms with Crippen molar-refractivity contribution in [3.05, 3.63) is 82.3 Å². The van der Waals surface area contributed by atoms with Crippen molar-refractivity contribution in [2.24, 2.45) is 0 Å². The van der Waals surface area contributed by atoms with Crippen LogP contribution in [0.4, 0.5) is 0 Å². The monoisotopic (exact) mass is 496 g/mol. The number of benzene rings is 2. The first-order chi connectivity index (χ1) is 16.3. The van der Waals surface area contributed by atoms with Crippen molar-refractivity contribution < 1.29 is 13.2 Å².